The van der Waals surface area contributed by atoms with E-state index in [1.54, 1.807) is 11.6 Å². The first-order valence-corrected chi connectivity index (χ1v) is 10.2. The van der Waals surface area contributed by atoms with Crippen LogP contribution < -0.4 is 22.0 Å². The molecular weight excluding hydrogens is 370 g/mol. The molecule has 2 atom stereocenters. The van der Waals surface area contributed by atoms with Crippen molar-refractivity contribution in [3.8, 4) is 0 Å². The molecule has 164 valence electrons. The van der Waals surface area contributed by atoms with Crippen LogP contribution in [0.4, 0.5) is 0 Å². The maximum absolute atomic E-state index is 11.2. The number of nitrogens with one attached hydrogen (secondary N) is 2. The Morgan fingerprint density at radius 1 is 1.31 bits per heavy atom. The first kappa shape index (κ1) is 26.6. The Labute approximate surface area is 173 Å². The zero-order valence-electron chi connectivity index (χ0n) is 18.1. The van der Waals surface area contributed by atoms with Crippen LogP contribution in [0.3, 0.4) is 0 Å². The van der Waals surface area contributed by atoms with Crippen LogP contribution >= 0.6 is 0 Å². The number of unbranched alkanes of at least 4 members (excludes halogenated alkanes) is 3. The van der Waals surface area contributed by atoms with Crippen LogP contribution in [0.25, 0.3) is 6.08 Å². The SMILES string of the molecule is CCCCCCC(C)N=c1cc(/C=C/C(=O)NO)ccn1C(C)NCC.NC=O. The van der Waals surface area contributed by atoms with Crippen molar-refractivity contribution in [1.82, 2.24) is 15.4 Å². The molecule has 2 unspecified atom stereocenters. The van der Waals surface area contributed by atoms with Crippen LogP contribution in [0.15, 0.2) is 29.4 Å². The smallest absolute Gasteiger partial charge is 0.267 e. The Morgan fingerprint density at radius 3 is 2.59 bits per heavy atom. The second-order valence-electron chi connectivity index (χ2n) is 6.73. The monoisotopic (exact) mass is 407 g/mol. The number of hydrogen-bond donors (Lipinski definition) is 4. The van der Waals surface area contributed by atoms with Crippen molar-refractivity contribution in [2.45, 2.75) is 72.0 Å². The standard InChI is InChI=1S/C20H34N4O2.CH3NO/c1-5-7-8-9-10-16(3)22-19-15-18(11-12-20(25)23-26)13-14-24(19)17(4)21-6-2;2-1-3/h11-17,21,26H,5-10H2,1-4H3,(H,23,25);1H,(H2,2,3)/b12-11+,22-19?;. The van der Waals surface area contributed by atoms with Gasteiger partial charge in [0.05, 0.1) is 6.17 Å². The van der Waals surface area contributed by atoms with Crippen LogP contribution in [0, 0.1) is 0 Å². The van der Waals surface area contributed by atoms with Gasteiger partial charge in [0.25, 0.3) is 5.91 Å². The number of amides is 2. The Balaban J connectivity index is 0.00000245. The number of aromatic nitrogens is 1. The average molecular weight is 408 g/mol. The van der Waals surface area contributed by atoms with Gasteiger partial charge in [-0.2, -0.15) is 0 Å². The highest BCUT2D eigenvalue weighted by Crippen LogP contribution is 2.08. The maximum atomic E-state index is 11.2. The summed E-state index contributed by atoms with van der Waals surface area (Å²) >= 11 is 0. The number of carbonyl (C=O) groups excluding carboxylic acids is 2. The molecule has 0 spiro atoms. The highest BCUT2D eigenvalue weighted by Gasteiger charge is 2.06. The number of nitrogens with zero attached hydrogens (tertiary/aromatic N) is 2. The second-order valence-corrected chi connectivity index (χ2v) is 6.73. The lowest BCUT2D eigenvalue weighted by Gasteiger charge is -2.18. The zero-order valence-corrected chi connectivity index (χ0v) is 18.1. The molecule has 1 aromatic rings. The summed E-state index contributed by atoms with van der Waals surface area (Å²) in [6.45, 7) is 9.42. The third kappa shape index (κ3) is 11.9. The predicted molar refractivity (Wildman–Crippen MR) is 116 cm³/mol. The molecule has 0 fully saturated rings. The van der Waals surface area contributed by atoms with E-state index in [-0.39, 0.29) is 18.6 Å². The summed E-state index contributed by atoms with van der Waals surface area (Å²) in [5.74, 6) is -0.550. The number of nitrogens with two attached hydrogens (primary N) is 1. The van der Waals surface area contributed by atoms with Gasteiger partial charge in [0.15, 0.2) is 0 Å². The van der Waals surface area contributed by atoms with E-state index in [2.05, 4.69) is 43.3 Å². The van der Waals surface area contributed by atoms with Gasteiger partial charge in [0.1, 0.15) is 5.49 Å². The van der Waals surface area contributed by atoms with Crippen molar-refractivity contribution in [2.75, 3.05) is 6.54 Å². The Kier molecular flexibility index (Phi) is 15.1. The van der Waals surface area contributed by atoms with Crippen molar-refractivity contribution in [3.63, 3.8) is 0 Å². The van der Waals surface area contributed by atoms with Gasteiger partial charge in [-0.05, 0) is 50.6 Å². The molecule has 1 heterocycles. The van der Waals surface area contributed by atoms with Crippen LogP contribution in [0.5, 0.6) is 0 Å². The third-order valence-corrected chi connectivity index (χ3v) is 4.27. The van der Waals surface area contributed by atoms with Crippen molar-refractivity contribution < 1.29 is 14.8 Å². The van der Waals surface area contributed by atoms with Gasteiger partial charge in [0, 0.05) is 18.3 Å². The molecule has 0 aromatic carbocycles. The predicted octanol–water partition coefficient (Wildman–Crippen LogP) is 2.50. The molecule has 0 saturated carbocycles. The number of hydroxylamine groups is 1. The van der Waals surface area contributed by atoms with E-state index in [1.807, 2.05) is 18.3 Å². The van der Waals surface area contributed by atoms with Crippen LogP contribution in [0.2, 0.25) is 0 Å². The first-order valence-electron chi connectivity index (χ1n) is 10.2. The van der Waals surface area contributed by atoms with Crippen molar-refractivity contribution in [1.29, 1.82) is 0 Å². The minimum absolute atomic E-state index is 0.129. The maximum Gasteiger partial charge on any atom is 0.267 e. The van der Waals surface area contributed by atoms with E-state index in [1.165, 1.54) is 31.8 Å². The van der Waals surface area contributed by atoms with Gasteiger partial charge in [-0.1, -0.05) is 39.5 Å². The number of rotatable bonds is 11. The van der Waals surface area contributed by atoms with Crippen molar-refractivity contribution in [3.05, 3.63) is 35.5 Å². The molecule has 2 amide bonds. The molecule has 0 radical (unpaired) electrons. The first-order chi connectivity index (χ1) is 13.9. The van der Waals surface area contributed by atoms with E-state index < -0.39 is 5.91 Å². The van der Waals surface area contributed by atoms with E-state index in [9.17, 15) is 4.79 Å². The summed E-state index contributed by atoms with van der Waals surface area (Å²) in [5, 5.41) is 12.0. The summed E-state index contributed by atoms with van der Waals surface area (Å²) in [5.41, 5.74) is 7.51. The Hall–Kier alpha value is -2.45. The van der Waals surface area contributed by atoms with Crippen LogP contribution in [-0.4, -0.2) is 34.7 Å². The lowest BCUT2D eigenvalue weighted by atomic mass is 10.1. The fourth-order valence-corrected chi connectivity index (χ4v) is 2.81. The number of pyridine rings is 1. The Morgan fingerprint density at radius 2 is 2.00 bits per heavy atom. The third-order valence-electron chi connectivity index (χ3n) is 4.27. The van der Waals surface area contributed by atoms with Gasteiger partial charge in [-0.25, -0.2) is 5.48 Å². The molecule has 0 aliphatic carbocycles. The number of primary amides is 1. The molecule has 8 heteroatoms. The molecule has 1 aromatic heterocycles. The minimum Gasteiger partial charge on any atom is -0.372 e. The average Bonchev–Trinajstić information content (AvgIpc) is 2.70. The summed E-state index contributed by atoms with van der Waals surface area (Å²) < 4.78 is 2.11. The summed E-state index contributed by atoms with van der Waals surface area (Å²) in [4.78, 5) is 24.7. The Bertz CT molecular complexity index is 685. The normalized spacial score (nSPS) is 13.5. The number of carbonyl (C=O) groups is 2. The van der Waals surface area contributed by atoms with Gasteiger partial charge in [-0.3, -0.25) is 25.1 Å². The highest BCUT2D eigenvalue weighted by molar-refractivity contribution is 5.90. The zero-order chi connectivity index (χ0) is 22.1. The van der Waals surface area contributed by atoms with Gasteiger partial charge in [0.2, 0.25) is 6.41 Å². The second kappa shape index (κ2) is 16.5. The molecule has 29 heavy (non-hydrogen) atoms. The fraction of sp³-hybridized carbons (Fsp3) is 0.571. The van der Waals surface area contributed by atoms with E-state index in [4.69, 9.17) is 15.0 Å². The van der Waals surface area contributed by atoms with E-state index in [0.29, 0.717) is 0 Å². The van der Waals surface area contributed by atoms with E-state index >= 15 is 0 Å². The van der Waals surface area contributed by atoms with Gasteiger partial charge >= 0.3 is 0 Å². The van der Waals surface area contributed by atoms with E-state index in [0.717, 1.165) is 24.0 Å². The molecule has 0 bridgehead atoms. The lowest BCUT2D eigenvalue weighted by Crippen LogP contribution is -2.33. The highest BCUT2D eigenvalue weighted by atomic mass is 16.5. The molecule has 5 N–H and O–H groups in total. The van der Waals surface area contributed by atoms with Crippen molar-refractivity contribution >= 4 is 18.4 Å². The fourth-order valence-electron chi connectivity index (χ4n) is 2.81. The summed E-state index contributed by atoms with van der Waals surface area (Å²) in [6, 6.07) is 4.14. The van der Waals surface area contributed by atoms with Gasteiger partial charge < -0.3 is 10.3 Å². The molecule has 0 aliphatic rings. The molecule has 8 nitrogen and oxygen atoms in total. The molecule has 0 aliphatic heterocycles. The van der Waals surface area contributed by atoms with Crippen LogP contribution in [-0.2, 0) is 9.59 Å². The number of hydrogen-bond acceptors (Lipinski definition) is 5. The van der Waals surface area contributed by atoms with Crippen LogP contribution in [0.1, 0.15) is 71.5 Å². The largest absolute Gasteiger partial charge is 0.372 e. The summed E-state index contributed by atoms with van der Waals surface area (Å²) in [6.07, 6.45) is 11.4. The summed E-state index contributed by atoms with van der Waals surface area (Å²) in [7, 11) is 0. The molecular formula is C21H37N5O3. The van der Waals surface area contributed by atoms with Crippen molar-refractivity contribution in [2.24, 2.45) is 10.7 Å². The molecule has 0 saturated heterocycles. The lowest BCUT2D eigenvalue weighted by molar-refractivity contribution is -0.124. The topological polar surface area (TPSA) is 122 Å². The minimum atomic E-state index is -0.550. The van der Waals surface area contributed by atoms with Gasteiger partial charge in [-0.15, -0.1) is 0 Å². The molecule has 1 rings (SSSR count). The quantitative estimate of drug-likeness (QED) is 0.148.